The highest BCUT2D eigenvalue weighted by atomic mass is 14.2. The van der Waals surface area contributed by atoms with Gasteiger partial charge in [-0.05, 0) is 24.2 Å². The SMILES string of the molecule is C[C@@H]1[B]C[C@H](C)[C@H](C)C[C@@H]1C. The molecule has 0 saturated carbocycles. The largest absolute Gasteiger partial charge is 0.113 e. The minimum atomic E-state index is 0.836. The summed E-state index contributed by atoms with van der Waals surface area (Å²) in [7, 11) is 2.51. The van der Waals surface area contributed by atoms with Crippen LogP contribution in [0.25, 0.3) is 0 Å². The highest BCUT2D eigenvalue weighted by Crippen LogP contribution is 2.34. The fourth-order valence-corrected chi connectivity index (χ4v) is 1.93. The van der Waals surface area contributed by atoms with Crippen LogP contribution in [0.4, 0.5) is 0 Å². The molecule has 0 nitrogen and oxygen atoms in total. The Morgan fingerprint density at radius 1 is 0.909 bits per heavy atom. The number of rotatable bonds is 0. The van der Waals surface area contributed by atoms with Gasteiger partial charge in [0.05, 0.1) is 0 Å². The van der Waals surface area contributed by atoms with Gasteiger partial charge in [-0.1, -0.05) is 39.8 Å². The van der Waals surface area contributed by atoms with E-state index in [9.17, 15) is 0 Å². The van der Waals surface area contributed by atoms with Gasteiger partial charge in [-0.2, -0.15) is 0 Å². The molecule has 1 fully saturated rings. The highest BCUT2D eigenvalue weighted by Gasteiger charge is 2.24. The lowest BCUT2D eigenvalue weighted by atomic mass is 9.58. The summed E-state index contributed by atoms with van der Waals surface area (Å²) in [5, 5.41) is 0. The first kappa shape index (κ1) is 9.16. The van der Waals surface area contributed by atoms with E-state index in [4.69, 9.17) is 0 Å². The van der Waals surface area contributed by atoms with Crippen LogP contribution in [0, 0.1) is 17.8 Å². The van der Waals surface area contributed by atoms with Gasteiger partial charge in [0, 0.05) is 0 Å². The lowest BCUT2D eigenvalue weighted by molar-refractivity contribution is 0.342. The Morgan fingerprint density at radius 2 is 1.55 bits per heavy atom. The molecule has 1 radical (unpaired) electrons. The van der Waals surface area contributed by atoms with Crippen molar-refractivity contribution in [2.75, 3.05) is 0 Å². The molecule has 0 amide bonds. The molecule has 1 heterocycles. The molecule has 0 bridgehead atoms. The molecular weight excluding hydrogens is 131 g/mol. The zero-order valence-corrected chi connectivity index (χ0v) is 8.30. The van der Waals surface area contributed by atoms with Gasteiger partial charge < -0.3 is 0 Å². The molecule has 1 aliphatic heterocycles. The highest BCUT2D eigenvalue weighted by molar-refractivity contribution is 6.37. The van der Waals surface area contributed by atoms with Crippen LogP contribution in [0.5, 0.6) is 0 Å². The molecule has 1 heteroatoms. The van der Waals surface area contributed by atoms with Crippen molar-refractivity contribution in [3.63, 3.8) is 0 Å². The van der Waals surface area contributed by atoms with Gasteiger partial charge in [0.2, 0.25) is 0 Å². The lowest BCUT2D eigenvalue weighted by Gasteiger charge is -2.19. The van der Waals surface area contributed by atoms with E-state index in [0.717, 1.165) is 23.6 Å². The Morgan fingerprint density at radius 3 is 2.18 bits per heavy atom. The zero-order chi connectivity index (χ0) is 8.43. The van der Waals surface area contributed by atoms with Gasteiger partial charge in [0.1, 0.15) is 7.28 Å². The van der Waals surface area contributed by atoms with Gasteiger partial charge in [-0.15, -0.1) is 0 Å². The van der Waals surface area contributed by atoms with Crippen LogP contribution >= 0.6 is 0 Å². The van der Waals surface area contributed by atoms with Crippen LogP contribution < -0.4 is 0 Å². The quantitative estimate of drug-likeness (QED) is 0.466. The molecule has 0 unspecified atom stereocenters. The second-order valence-electron chi connectivity index (χ2n) is 4.50. The van der Waals surface area contributed by atoms with Gasteiger partial charge in [-0.3, -0.25) is 0 Å². The molecule has 0 spiro atoms. The van der Waals surface area contributed by atoms with Crippen LogP contribution in [-0.4, -0.2) is 7.28 Å². The smallest absolute Gasteiger partial charge is 0.0772 e. The second kappa shape index (κ2) is 3.64. The molecule has 11 heavy (non-hydrogen) atoms. The summed E-state index contributed by atoms with van der Waals surface area (Å²) >= 11 is 0. The summed E-state index contributed by atoms with van der Waals surface area (Å²) in [5.74, 6) is 3.56. The average Bonchev–Trinajstić information content (AvgIpc) is 2.05. The summed E-state index contributed by atoms with van der Waals surface area (Å²) in [5.41, 5.74) is 0. The van der Waals surface area contributed by atoms with Crippen LogP contribution in [0.15, 0.2) is 0 Å². The van der Waals surface area contributed by atoms with Gasteiger partial charge in [-0.25, -0.2) is 0 Å². The average molecular weight is 151 g/mol. The third kappa shape index (κ3) is 2.25. The van der Waals surface area contributed by atoms with Crippen molar-refractivity contribution < 1.29 is 0 Å². The molecule has 1 saturated heterocycles. The monoisotopic (exact) mass is 151 g/mol. The van der Waals surface area contributed by atoms with Crippen molar-refractivity contribution >= 4 is 7.28 Å². The van der Waals surface area contributed by atoms with Crippen LogP contribution in [-0.2, 0) is 0 Å². The fraction of sp³-hybridized carbons (Fsp3) is 1.00. The van der Waals surface area contributed by atoms with Crippen LogP contribution in [0.2, 0.25) is 12.1 Å². The predicted molar refractivity (Wildman–Crippen MR) is 52.1 cm³/mol. The third-order valence-corrected chi connectivity index (χ3v) is 3.49. The Balaban J connectivity index is 2.51. The molecule has 0 aromatic carbocycles. The third-order valence-electron chi connectivity index (χ3n) is 3.49. The van der Waals surface area contributed by atoms with Gasteiger partial charge >= 0.3 is 0 Å². The fourth-order valence-electron chi connectivity index (χ4n) is 1.93. The molecule has 1 rings (SSSR count). The van der Waals surface area contributed by atoms with E-state index >= 15 is 0 Å². The maximum Gasteiger partial charge on any atom is 0.113 e. The Kier molecular flexibility index (Phi) is 3.03. The molecular formula is C10H20B. The molecule has 1 aliphatic rings. The first-order chi connectivity index (χ1) is 5.11. The summed E-state index contributed by atoms with van der Waals surface area (Å²) in [6.45, 7) is 9.52. The van der Waals surface area contributed by atoms with Gasteiger partial charge in [0.15, 0.2) is 0 Å². The maximum atomic E-state index is 2.51. The standard InChI is InChI=1S/C10H20B/c1-7-5-8(2)10(4)11-6-9(7)3/h7-10H,5-6H2,1-4H3/t7-,8+,9+,10+/m1/s1. The van der Waals surface area contributed by atoms with E-state index in [1.54, 1.807) is 0 Å². The predicted octanol–water partition coefficient (Wildman–Crippen LogP) is 3.23. The van der Waals surface area contributed by atoms with Crippen LogP contribution in [0.3, 0.4) is 0 Å². The summed E-state index contributed by atoms with van der Waals surface area (Å²) in [6.07, 6.45) is 2.74. The molecule has 4 atom stereocenters. The normalized spacial score (nSPS) is 46.2. The topological polar surface area (TPSA) is 0 Å². The van der Waals surface area contributed by atoms with Gasteiger partial charge in [0.25, 0.3) is 0 Å². The molecule has 0 aromatic heterocycles. The van der Waals surface area contributed by atoms with Crippen LogP contribution in [0.1, 0.15) is 34.1 Å². The lowest BCUT2D eigenvalue weighted by Crippen LogP contribution is -2.07. The summed E-state index contributed by atoms with van der Waals surface area (Å²) in [6, 6.07) is 0. The van der Waals surface area contributed by atoms with E-state index in [1.165, 1.54) is 12.7 Å². The summed E-state index contributed by atoms with van der Waals surface area (Å²) < 4.78 is 0. The minimum Gasteiger partial charge on any atom is -0.0772 e. The molecule has 63 valence electrons. The second-order valence-corrected chi connectivity index (χ2v) is 4.50. The number of hydrogen-bond acceptors (Lipinski definition) is 0. The Labute approximate surface area is 72.0 Å². The minimum absolute atomic E-state index is 0.836. The van der Waals surface area contributed by atoms with Crippen molar-refractivity contribution in [1.82, 2.24) is 0 Å². The van der Waals surface area contributed by atoms with Crippen molar-refractivity contribution in [3.05, 3.63) is 0 Å². The van der Waals surface area contributed by atoms with E-state index < -0.39 is 0 Å². The molecule has 0 aromatic rings. The Hall–Kier alpha value is 0.0649. The van der Waals surface area contributed by atoms with Crippen molar-refractivity contribution in [2.24, 2.45) is 17.8 Å². The van der Waals surface area contributed by atoms with E-state index in [1.807, 2.05) is 0 Å². The Bertz CT molecular complexity index is 108. The van der Waals surface area contributed by atoms with Crippen molar-refractivity contribution in [3.8, 4) is 0 Å². The first-order valence-corrected chi connectivity index (χ1v) is 4.94. The first-order valence-electron chi connectivity index (χ1n) is 4.94. The van der Waals surface area contributed by atoms with E-state index in [0.29, 0.717) is 0 Å². The molecule has 0 aliphatic carbocycles. The maximum absolute atomic E-state index is 2.51. The van der Waals surface area contributed by atoms with E-state index in [-0.39, 0.29) is 0 Å². The summed E-state index contributed by atoms with van der Waals surface area (Å²) in [4.78, 5) is 0. The zero-order valence-electron chi connectivity index (χ0n) is 8.30. The van der Waals surface area contributed by atoms with E-state index in [2.05, 4.69) is 35.0 Å². The number of hydrogen-bond donors (Lipinski definition) is 0. The molecule has 0 N–H and O–H groups in total. The van der Waals surface area contributed by atoms with Crippen molar-refractivity contribution in [1.29, 1.82) is 0 Å². The van der Waals surface area contributed by atoms with Crippen molar-refractivity contribution in [2.45, 2.75) is 46.3 Å².